The molecular weight excluding hydrogens is 444 g/mol. The van der Waals surface area contributed by atoms with Gasteiger partial charge in [-0.2, -0.15) is 0 Å². The van der Waals surface area contributed by atoms with Gasteiger partial charge in [-0.15, -0.1) is 0 Å². The molecule has 0 spiro atoms. The van der Waals surface area contributed by atoms with E-state index in [1.807, 2.05) is 6.92 Å². The summed E-state index contributed by atoms with van der Waals surface area (Å²) in [5.41, 5.74) is 0.764. The molecule has 34 heavy (non-hydrogen) atoms. The van der Waals surface area contributed by atoms with Crippen molar-refractivity contribution in [3.63, 3.8) is 0 Å². The number of hydrogen-bond acceptors (Lipinski definition) is 6. The monoisotopic (exact) mass is 475 g/mol. The zero-order chi connectivity index (χ0) is 24.7. The number of amides is 2. The van der Waals surface area contributed by atoms with Gasteiger partial charge in [0.15, 0.2) is 0 Å². The van der Waals surface area contributed by atoms with Crippen LogP contribution in [0.5, 0.6) is 5.75 Å². The number of ether oxygens (including phenoxy) is 2. The van der Waals surface area contributed by atoms with Crippen molar-refractivity contribution < 1.29 is 23.0 Å². The summed E-state index contributed by atoms with van der Waals surface area (Å²) in [6.07, 6.45) is 1.05. The van der Waals surface area contributed by atoms with Crippen molar-refractivity contribution in [1.82, 2.24) is 10.6 Å². The number of methoxy groups -OCH3 is 1. The Morgan fingerprint density at radius 3 is 2.62 bits per heavy atom. The molecule has 8 nitrogen and oxygen atoms in total. The number of urea groups is 1. The Hall–Kier alpha value is -3.40. The van der Waals surface area contributed by atoms with Crippen LogP contribution in [0.15, 0.2) is 41.4 Å². The number of anilines is 2. The smallest absolute Gasteiger partial charge is 0.319 e. The molecule has 0 radical (unpaired) electrons. The van der Waals surface area contributed by atoms with E-state index in [9.17, 15) is 13.6 Å². The first-order valence-corrected chi connectivity index (χ1v) is 11.0. The molecular formula is C24H31F2N5O3. The van der Waals surface area contributed by atoms with Crippen LogP contribution in [0.1, 0.15) is 38.9 Å². The first kappa shape index (κ1) is 25.2. The first-order valence-electron chi connectivity index (χ1n) is 11.0. The average molecular weight is 476 g/mol. The fourth-order valence-corrected chi connectivity index (χ4v) is 3.18. The molecule has 0 saturated heterocycles. The topological polar surface area (TPSA) is 96.0 Å². The van der Waals surface area contributed by atoms with E-state index in [1.54, 1.807) is 37.4 Å². The molecule has 1 heterocycles. The highest BCUT2D eigenvalue weighted by molar-refractivity contribution is 5.89. The number of halogens is 2. The zero-order valence-electron chi connectivity index (χ0n) is 19.7. The minimum atomic E-state index is -1.34. The normalized spacial score (nSPS) is 15.6. The number of alkyl halides is 1. The fourth-order valence-electron chi connectivity index (χ4n) is 3.18. The highest BCUT2D eigenvalue weighted by Gasteiger charge is 2.23. The summed E-state index contributed by atoms with van der Waals surface area (Å²) < 4.78 is 39.2. The van der Waals surface area contributed by atoms with Crippen LogP contribution in [0.4, 0.5) is 30.6 Å². The second-order valence-electron chi connectivity index (χ2n) is 8.62. The third-order valence-corrected chi connectivity index (χ3v) is 5.16. The number of benzene rings is 2. The Balaban J connectivity index is 1.60. The lowest BCUT2D eigenvalue weighted by atomic mass is 10.1. The molecule has 2 aromatic carbocycles. The maximum Gasteiger partial charge on any atom is 0.319 e. The summed E-state index contributed by atoms with van der Waals surface area (Å²) in [5.74, 6) is -0.0763. The molecule has 10 heteroatoms. The Kier molecular flexibility index (Phi) is 8.27. The molecule has 184 valence electrons. The van der Waals surface area contributed by atoms with Gasteiger partial charge in [0.05, 0.1) is 23.7 Å². The Morgan fingerprint density at radius 1 is 1.24 bits per heavy atom. The van der Waals surface area contributed by atoms with Crippen LogP contribution in [0.3, 0.4) is 0 Å². The Bertz CT molecular complexity index is 1010. The number of carbonyl (C=O) groups is 1. The predicted molar refractivity (Wildman–Crippen MR) is 129 cm³/mol. The van der Waals surface area contributed by atoms with E-state index in [0.29, 0.717) is 35.0 Å². The standard InChI is InChI=1S/C24H31F2N5O3/c1-15(33-4)13-34-18-11-19(25)21-20(12-18)28-14-29-22(21)30-16-5-7-17(8-6-16)31-23(32)27-10-9-24(2,3)26/h5-8,11-12,14-15,22,30H,9-10,13H2,1-4H3,(H,28,29)(H2,27,31,32). The van der Waals surface area contributed by atoms with Crippen molar-refractivity contribution in [1.29, 1.82) is 0 Å². The number of nitrogens with one attached hydrogen (secondary N) is 4. The highest BCUT2D eigenvalue weighted by Crippen LogP contribution is 2.35. The molecule has 0 fully saturated rings. The van der Waals surface area contributed by atoms with Crippen molar-refractivity contribution in [2.75, 3.05) is 30.9 Å². The van der Waals surface area contributed by atoms with E-state index in [2.05, 4.69) is 26.3 Å². The van der Waals surface area contributed by atoms with Gasteiger partial charge in [-0.25, -0.2) is 18.6 Å². The molecule has 0 aliphatic carbocycles. The van der Waals surface area contributed by atoms with Gasteiger partial charge in [-0.1, -0.05) is 0 Å². The third-order valence-electron chi connectivity index (χ3n) is 5.16. The molecule has 2 unspecified atom stereocenters. The van der Waals surface area contributed by atoms with Crippen molar-refractivity contribution in [3.8, 4) is 5.75 Å². The van der Waals surface area contributed by atoms with Crippen LogP contribution in [-0.2, 0) is 4.74 Å². The van der Waals surface area contributed by atoms with Crippen molar-refractivity contribution in [2.45, 2.75) is 45.1 Å². The molecule has 3 rings (SSSR count). The van der Waals surface area contributed by atoms with E-state index in [-0.39, 0.29) is 19.1 Å². The third kappa shape index (κ3) is 7.31. The number of nitrogens with zero attached hydrogens (tertiary/aromatic N) is 1. The van der Waals surface area contributed by atoms with Gasteiger partial charge >= 0.3 is 6.03 Å². The molecule has 2 aromatic rings. The summed E-state index contributed by atoms with van der Waals surface area (Å²) in [4.78, 5) is 16.2. The van der Waals surface area contributed by atoms with E-state index >= 15 is 0 Å². The summed E-state index contributed by atoms with van der Waals surface area (Å²) >= 11 is 0. The molecule has 0 aromatic heterocycles. The van der Waals surface area contributed by atoms with Gasteiger partial charge in [0, 0.05) is 37.2 Å². The van der Waals surface area contributed by atoms with Crippen LogP contribution < -0.4 is 26.0 Å². The van der Waals surface area contributed by atoms with E-state index in [1.165, 1.54) is 26.3 Å². The quantitative estimate of drug-likeness (QED) is 0.393. The number of hydrogen-bond donors (Lipinski definition) is 4. The fraction of sp³-hybridized carbons (Fsp3) is 0.417. The number of fused-ring (bicyclic) bond motifs is 1. The van der Waals surface area contributed by atoms with Crippen LogP contribution in [0, 0.1) is 5.82 Å². The second-order valence-corrected chi connectivity index (χ2v) is 8.62. The molecule has 0 saturated carbocycles. The van der Waals surface area contributed by atoms with Gasteiger partial charge in [-0.3, -0.25) is 0 Å². The molecule has 1 aliphatic rings. The Morgan fingerprint density at radius 2 is 1.94 bits per heavy atom. The molecule has 4 N–H and O–H groups in total. The minimum Gasteiger partial charge on any atom is -0.491 e. The second kappa shape index (κ2) is 11.1. The van der Waals surface area contributed by atoms with Gasteiger partial charge in [-0.05, 0) is 51.5 Å². The number of aliphatic imine (C=N–C) groups is 1. The molecule has 0 bridgehead atoms. The first-order chi connectivity index (χ1) is 16.1. The summed E-state index contributed by atoms with van der Waals surface area (Å²) in [5, 5.41) is 11.5. The lowest BCUT2D eigenvalue weighted by molar-refractivity contribution is 0.0715. The summed E-state index contributed by atoms with van der Waals surface area (Å²) in [6, 6.07) is 9.54. The van der Waals surface area contributed by atoms with Crippen LogP contribution in [0.25, 0.3) is 0 Å². The summed E-state index contributed by atoms with van der Waals surface area (Å²) in [7, 11) is 1.58. The van der Waals surface area contributed by atoms with Crippen LogP contribution >= 0.6 is 0 Å². The number of carbonyl (C=O) groups excluding carboxylic acids is 1. The maximum atomic E-state index is 14.9. The molecule has 1 aliphatic heterocycles. The van der Waals surface area contributed by atoms with Gasteiger partial charge in [0.1, 0.15) is 30.0 Å². The van der Waals surface area contributed by atoms with Crippen LogP contribution in [-0.4, -0.2) is 44.4 Å². The lowest BCUT2D eigenvalue weighted by Gasteiger charge is -2.26. The van der Waals surface area contributed by atoms with E-state index < -0.39 is 23.7 Å². The number of rotatable bonds is 10. The van der Waals surface area contributed by atoms with E-state index in [4.69, 9.17) is 9.47 Å². The van der Waals surface area contributed by atoms with Gasteiger partial charge < -0.3 is 30.7 Å². The maximum absolute atomic E-state index is 14.9. The predicted octanol–water partition coefficient (Wildman–Crippen LogP) is 4.87. The van der Waals surface area contributed by atoms with Crippen molar-refractivity contribution >= 4 is 29.4 Å². The highest BCUT2D eigenvalue weighted by atomic mass is 19.1. The van der Waals surface area contributed by atoms with Crippen LogP contribution in [0.2, 0.25) is 0 Å². The minimum absolute atomic E-state index is 0.121. The lowest BCUT2D eigenvalue weighted by Crippen LogP contribution is -2.32. The van der Waals surface area contributed by atoms with Gasteiger partial charge in [0.25, 0.3) is 0 Å². The van der Waals surface area contributed by atoms with E-state index in [0.717, 1.165) is 0 Å². The van der Waals surface area contributed by atoms with Gasteiger partial charge in [0.2, 0.25) is 0 Å². The van der Waals surface area contributed by atoms with Crippen molar-refractivity contribution in [2.24, 2.45) is 4.99 Å². The van der Waals surface area contributed by atoms with Crippen molar-refractivity contribution in [3.05, 3.63) is 47.8 Å². The SMILES string of the molecule is COC(C)COc1cc(F)c2c(c1)N=CNC2Nc1ccc(NC(=O)NCCC(C)(C)F)cc1. The molecule has 2 atom stereocenters. The average Bonchev–Trinajstić information content (AvgIpc) is 2.77. The largest absolute Gasteiger partial charge is 0.491 e. The zero-order valence-corrected chi connectivity index (χ0v) is 19.7. The molecule has 2 amide bonds. The Labute approximate surface area is 198 Å². The summed E-state index contributed by atoms with van der Waals surface area (Å²) in [6.45, 7) is 5.31.